The van der Waals surface area contributed by atoms with E-state index < -0.39 is 31.0 Å². The molecule has 140 valence electrons. The summed E-state index contributed by atoms with van der Waals surface area (Å²) in [6, 6.07) is 2.34. The summed E-state index contributed by atoms with van der Waals surface area (Å²) in [7, 11) is -7.22. The number of halogens is 1. The number of amides is 1. The Labute approximate surface area is 156 Å². The molecule has 25 heavy (non-hydrogen) atoms. The minimum Gasteiger partial charge on any atom is -0.340 e. The van der Waals surface area contributed by atoms with Crippen LogP contribution in [0.4, 0.5) is 0 Å². The van der Waals surface area contributed by atoms with Gasteiger partial charge >= 0.3 is 0 Å². The zero-order chi connectivity index (χ0) is 18.4. The Kier molecular flexibility index (Phi) is 5.20. The first-order chi connectivity index (χ1) is 11.6. The lowest BCUT2D eigenvalue weighted by molar-refractivity contribution is -0.130. The van der Waals surface area contributed by atoms with Crippen LogP contribution in [0.5, 0.6) is 0 Å². The van der Waals surface area contributed by atoms with Crippen molar-refractivity contribution in [2.45, 2.75) is 22.4 Å². The molecule has 2 saturated heterocycles. The number of thiophene rings is 1. The van der Waals surface area contributed by atoms with Gasteiger partial charge in [0.2, 0.25) is 5.91 Å². The maximum atomic E-state index is 13.0. The fourth-order valence-electron chi connectivity index (χ4n) is 3.40. The number of carbonyl (C=O) groups is 1. The molecule has 3 heterocycles. The summed E-state index contributed by atoms with van der Waals surface area (Å²) in [5.41, 5.74) is 0. The van der Waals surface area contributed by atoms with E-state index in [0.29, 0.717) is 30.5 Å². The molecule has 1 aromatic rings. The molecule has 2 atom stereocenters. The second-order valence-electron chi connectivity index (χ2n) is 6.33. The van der Waals surface area contributed by atoms with E-state index in [1.807, 2.05) is 4.90 Å². The van der Waals surface area contributed by atoms with E-state index in [4.69, 9.17) is 11.6 Å². The average molecular weight is 427 g/mol. The number of carbonyl (C=O) groups excluding carboxylic acids is 1. The second kappa shape index (κ2) is 6.80. The van der Waals surface area contributed by atoms with Gasteiger partial charge in [-0.3, -0.25) is 9.69 Å². The van der Waals surface area contributed by atoms with Crippen molar-refractivity contribution in [1.82, 2.24) is 9.80 Å². The van der Waals surface area contributed by atoms with E-state index >= 15 is 0 Å². The van der Waals surface area contributed by atoms with Crippen molar-refractivity contribution >= 4 is 48.5 Å². The Morgan fingerprint density at radius 3 is 2.36 bits per heavy atom. The zero-order valence-corrected chi connectivity index (χ0v) is 16.8. The molecule has 0 spiro atoms. The topological polar surface area (TPSA) is 91.8 Å². The molecule has 1 amide bonds. The molecule has 0 unspecified atom stereocenters. The summed E-state index contributed by atoms with van der Waals surface area (Å²) in [4.78, 5) is 15.0. The molecule has 2 fully saturated rings. The lowest BCUT2D eigenvalue weighted by Gasteiger charge is -2.38. The van der Waals surface area contributed by atoms with Gasteiger partial charge in [0.15, 0.2) is 19.7 Å². The Morgan fingerprint density at radius 1 is 1.20 bits per heavy atom. The summed E-state index contributed by atoms with van der Waals surface area (Å²) in [5, 5.41) is -1.00. The first-order valence-corrected chi connectivity index (χ1v) is 12.4. The van der Waals surface area contributed by atoms with Gasteiger partial charge in [0.05, 0.1) is 21.1 Å². The summed E-state index contributed by atoms with van der Waals surface area (Å²) < 4.78 is 50.7. The molecule has 0 radical (unpaired) electrons. The van der Waals surface area contributed by atoms with Gasteiger partial charge in [0.25, 0.3) is 0 Å². The molecule has 0 aromatic carbocycles. The van der Waals surface area contributed by atoms with Gasteiger partial charge in [-0.2, -0.15) is 0 Å². The van der Waals surface area contributed by atoms with E-state index in [2.05, 4.69) is 0 Å². The standard InChI is InChI=1S/C14H19ClN2O5S3/c1-10(18)16-4-6-17(7-5-16)11-8-24(19,20)9-12(11)25(21,22)14-3-2-13(15)23-14/h2-3,11-12H,4-9H2,1H3/t11-,12-/m0/s1. The first-order valence-electron chi connectivity index (χ1n) is 7.79. The molecule has 0 aliphatic carbocycles. The number of sulfone groups is 2. The Hall–Kier alpha value is -0.680. The monoisotopic (exact) mass is 426 g/mol. The molecule has 0 saturated carbocycles. The molecule has 0 bridgehead atoms. The fourth-order valence-corrected chi connectivity index (χ4v) is 9.94. The molecule has 7 nitrogen and oxygen atoms in total. The van der Waals surface area contributed by atoms with Gasteiger partial charge in [-0.15, -0.1) is 11.3 Å². The summed E-state index contributed by atoms with van der Waals surface area (Å²) >= 11 is 6.79. The summed E-state index contributed by atoms with van der Waals surface area (Å²) in [6.45, 7) is 3.38. The van der Waals surface area contributed by atoms with E-state index in [-0.39, 0.29) is 21.6 Å². The fraction of sp³-hybridized carbons (Fsp3) is 0.643. The van der Waals surface area contributed by atoms with Crippen LogP contribution < -0.4 is 0 Å². The van der Waals surface area contributed by atoms with E-state index in [9.17, 15) is 21.6 Å². The molecule has 3 rings (SSSR count). The van der Waals surface area contributed by atoms with Crippen LogP contribution in [0.25, 0.3) is 0 Å². The molecular weight excluding hydrogens is 408 g/mol. The summed E-state index contributed by atoms with van der Waals surface area (Å²) in [6.07, 6.45) is 0. The predicted molar refractivity (Wildman–Crippen MR) is 96.6 cm³/mol. The number of piperazine rings is 1. The largest absolute Gasteiger partial charge is 0.340 e. The Bertz CT molecular complexity index is 872. The van der Waals surface area contributed by atoms with Crippen LogP contribution in [0.1, 0.15) is 6.92 Å². The predicted octanol–water partition coefficient (Wildman–Crippen LogP) is 0.505. The van der Waals surface area contributed by atoms with Crippen LogP contribution in [0.2, 0.25) is 4.34 Å². The minimum absolute atomic E-state index is 0.0314. The van der Waals surface area contributed by atoms with Crippen LogP contribution >= 0.6 is 22.9 Å². The maximum absolute atomic E-state index is 13.0. The number of rotatable bonds is 3. The average Bonchev–Trinajstić information content (AvgIpc) is 3.11. The number of nitrogens with zero attached hydrogens (tertiary/aromatic N) is 2. The van der Waals surface area contributed by atoms with E-state index in [0.717, 1.165) is 11.3 Å². The molecule has 0 N–H and O–H groups in total. The highest BCUT2D eigenvalue weighted by molar-refractivity contribution is 7.97. The van der Waals surface area contributed by atoms with Crippen LogP contribution in [-0.2, 0) is 24.5 Å². The van der Waals surface area contributed by atoms with E-state index in [1.165, 1.54) is 19.1 Å². The number of hydrogen-bond acceptors (Lipinski definition) is 7. The van der Waals surface area contributed by atoms with Crippen molar-refractivity contribution < 1.29 is 21.6 Å². The minimum atomic E-state index is -3.78. The van der Waals surface area contributed by atoms with Gasteiger partial charge in [0.1, 0.15) is 4.21 Å². The lowest BCUT2D eigenvalue weighted by Crippen LogP contribution is -2.55. The quantitative estimate of drug-likeness (QED) is 0.699. The number of hydrogen-bond donors (Lipinski definition) is 0. The van der Waals surface area contributed by atoms with Crippen molar-refractivity contribution in [2.75, 3.05) is 37.7 Å². The Balaban J connectivity index is 1.86. The Morgan fingerprint density at radius 2 is 1.84 bits per heavy atom. The smallest absolute Gasteiger partial charge is 0.219 e. The normalized spacial score (nSPS) is 27.5. The highest BCUT2D eigenvalue weighted by atomic mass is 35.5. The lowest BCUT2D eigenvalue weighted by atomic mass is 10.2. The molecule has 11 heteroatoms. The SMILES string of the molecule is CC(=O)N1CCN([C@H]2CS(=O)(=O)C[C@@H]2S(=O)(=O)c2ccc(Cl)s2)CC1. The second-order valence-corrected chi connectivity index (χ2v) is 12.6. The van der Waals surface area contributed by atoms with Crippen molar-refractivity contribution in [3.63, 3.8) is 0 Å². The third-order valence-corrected chi connectivity index (χ3v) is 10.6. The first kappa shape index (κ1) is 19.1. The van der Waals surface area contributed by atoms with Gasteiger partial charge in [-0.05, 0) is 12.1 Å². The van der Waals surface area contributed by atoms with Crippen LogP contribution in [0.3, 0.4) is 0 Å². The zero-order valence-electron chi connectivity index (χ0n) is 13.6. The molecule has 1 aromatic heterocycles. The highest BCUT2D eigenvalue weighted by Crippen LogP contribution is 2.34. The highest BCUT2D eigenvalue weighted by Gasteiger charge is 2.49. The van der Waals surface area contributed by atoms with Crippen LogP contribution in [0.15, 0.2) is 16.3 Å². The van der Waals surface area contributed by atoms with Gasteiger partial charge in [-0.1, -0.05) is 11.6 Å². The van der Waals surface area contributed by atoms with E-state index in [1.54, 1.807) is 4.90 Å². The van der Waals surface area contributed by atoms with Crippen LogP contribution in [0, 0.1) is 0 Å². The van der Waals surface area contributed by atoms with Gasteiger partial charge in [-0.25, -0.2) is 16.8 Å². The van der Waals surface area contributed by atoms with Crippen molar-refractivity contribution in [1.29, 1.82) is 0 Å². The van der Waals surface area contributed by atoms with Crippen LogP contribution in [-0.4, -0.2) is 81.5 Å². The third kappa shape index (κ3) is 3.87. The van der Waals surface area contributed by atoms with Gasteiger partial charge < -0.3 is 4.90 Å². The maximum Gasteiger partial charge on any atom is 0.219 e. The van der Waals surface area contributed by atoms with Crippen molar-refractivity contribution in [3.8, 4) is 0 Å². The van der Waals surface area contributed by atoms with Crippen molar-refractivity contribution in [2.24, 2.45) is 0 Å². The molecule has 2 aliphatic rings. The third-order valence-electron chi connectivity index (χ3n) is 4.73. The molecule has 2 aliphatic heterocycles. The molecular formula is C14H19ClN2O5S3. The van der Waals surface area contributed by atoms with Crippen molar-refractivity contribution in [3.05, 3.63) is 16.5 Å². The van der Waals surface area contributed by atoms with Gasteiger partial charge in [0, 0.05) is 39.1 Å². The summed E-state index contributed by atoms with van der Waals surface area (Å²) in [5.74, 6) is -0.575.